The lowest BCUT2D eigenvalue weighted by atomic mass is 9.93. The van der Waals surface area contributed by atoms with E-state index in [0.717, 1.165) is 26.2 Å². The third kappa shape index (κ3) is 6.06. The zero-order valence-corrected chi connectivity index (χ0v) is 14.0. The van der Waals surface area contributed by atoms with Crippen LogP contribution < -0.4 is 5.32 Å². The van der Waals surface area contributed by atoms with Crippen LogP contribution in [0.4, 0.5) is 0 Å². The molecule has 0 radical (unpaired) electrons. The molecule has 0 saturated heterocycles. The Hall–Kier alpha value is -0.860. The van der Waals surface area contributed by atoms with Crippen molar-refractivity contribution in [1.29, 1.82) is 0 Å². The number of aryl methyl sites for hydroxylation is 2. The number of benzene rings is 1. The van der Waals surface area contributed by atoms with E-state index in [1.54, 1.807) is 0 Å². The van der Waals surface area contributed by atoms with Crippen LogP contribution in [0.3, 0.4) is 0 Å². The first-order valence-corrected chi connectivity index (χ1v) is 7.72. The van der Waals surface area contributed by atoms with E-state index in [1.807, 2.05) is 0 Å². The Balaban J connectivity index is 2.62. The van der Waals surface area contributed by atoms with Crippen LogP contribution in [-0.2, 0) is 4.74 Å². The van der Waals surface area contributed by atoms with Crippen LogP contribution in [0.5, 0.6) is 0 Å². The average Bonchev–Trinajstić information content (AvgIpc) is 2.35. The van der Waals surface area contributed by atoms with Crippen LogP contribution in [-0.4, -0.2) is 19.8 Å². The Labute approximate surface area is 124 Å². The van der Waals surface area contributed by atoms with E-state index in [-0.39, 0.29) is 0 Å². The van der Waals surface area contributed by atoms with Crippen LogP contribution in [0, 0.1) is 19.3 Å². The molecule has 1 unspecified atom stereocenters. The van der Waals surface area contributed by atoms with Gasteiger partial charge in [-0.05, 0) is 43.4 Å². The van der Waals surface area contributed by atoms with E-state index in [4.69, 9.17) is 4.74 Å². The molecule has 20 heavy (non-hydrogen) atoms. The summed E-state index contributed by atoms with van der Waals surface area (Å²) in [5.74, 6) is 0. The quantitative estimate of drug-likeness (QED) is 0.746. The van der Waals surface area contributed by atoms with Gasteiger partial charge in [0.1, 0.15) is 0 Å². The van der Waals surface area contributed by atoms with Crippen LogP contribution in [0.2, 0.25) is 0 Å². The maximum absolute atomic E-state index is 5.91. The van der Waals surface area contributed by atoms with E-state index < -0.39 is 0 Å². The first kappa shape index (κ1) is 17.2. The van der Waals surface area contributed by atoms with Gasteiger partial charge in [-0.3, -0.25) is 0 Å². The smallest absolute Gasteiger partial charge is 0.0661 e. The zero-order valence-electron chi connectivity index (χ0n) is 14.0. The fourth-order valence-corrected chi connectivity index (χ4v) is 2.22. The topological polar surface area (TPSA) is 21.3 Å². The summed E-state index contributed by atoms with van der Waals surface area (Å²) in [7, 11) is 0. The highest BCUT2D eigenvalue weighted by molar-refractivity contribution is 5.33. The van der Waals surface area contributed by atoms with Crippen LogP contribution >= 0.6 is 0 Å². The Bertz CT molecular complexity index is 406. The van der Waals surface area contributed by atoms with Gasteiger partial charge in [0.05, 0.1) is 12.6 Å². The van der Waals surface area contributed by atoms with E-state index in [1.165, 1.54) is 16.7 Å². The summed E-state index contributed by atoms with van der Waals surface area (Å²) in [6.07, 6.45) is 1.10. The second kappa shape index (κ2) is 7.80. The summed E-state index contributed by atoms with van der Waals surface area (Å²) in [4.78, 5) is 0. The highest BCUT2D eigenvalue weighted by Gasteiger charge is 2.14. The monoisotopic (exact) mass is 277 g/mol. The van der Waals surface area contributed by atoms with E-state index >= 15 is 0 Å². The first-order chi connectivity index (χ1) is 9.33. The van der Waals surface area contributed by atoms with Gasteiger partial charge >= 0.3 is 0 Å². The number of likely N-dealkylation sites (N-methyl/N-ethyl adjacent to an activating group) is 1. The standard InChI is InChI=1S/C18H31NO/c1-7-19-17(13-20-11-10-18(4,5)6)16-12-14(2)8-9-15(16)3/h8-9,12,17,19H,7,10-11,13H2,1-6H3. The summed E-state index contributed by atoms with van der Waals surface area (Å²) >= 11 is 0. The fourth-order valence-electron chi connectivity index (χ4n) is 2.22. The highest BCUT2D eigenvalue weighted by Crippen LogP contribution is 2.21. The second-order valence-electron chi connectivity index (χ2n) is 6.86. The first-order valence-electron chi connectivity index (χ1n) is 7.72. The normalized spacial score (nSPS) is 13.5. The predicted octanol–water partition coefficient (Wildman–Crippen LogP) is 4.41. The molecule has 0 spiro atoms. The van der Waals surface area contributed by atoms with Crippen LogP contribution in [0.15, 0.2) is 18.2 Å². The van der Waals surface area contributed by atoms with E-state index in [9.17, 15) is 0 Å². The molecule has 0 aliphatic heterocycles. The molecule has 0 amide bonds. The van der Waals surface area contributed by atoms with Gasteiger partial charge in [0.25, 0.3) is 0 Å². The molecular formula is C18H31NO. The van der Waals surface area contributed by atoms with Crippen molar-refractivity contribution in [1.82, 2.24) is 5.32 Å². The number of nitrogens with one attached hydrogen (secondary N) is 1. The molecule has 1 rings (SSSR count). The van der Waals surface area contributed by atoms with Gasteiger partial charge in [-0.15, -0.1) is 0 Å². The minimum Gasteiger partial charge on any atom is -0.379 e. The van der Waals surface area contributed by atoms with E-state index in [2.05, 4.69) is 65.1 Å². The van der Waals surface area contributed by atoms with Crippen molar-refractivity contribution < 1.29 is 4.74 Å². The number of rotatable bonds is 7. The summed E-state index contributed by atoms with van der Waals surface area (Å²) in [6.45, 7) is 15.8. The molecule has 0 aromatic heterocycles. The van der Waals surface area contributed by atoms with Crippen molar-refractivity contribution in [2.75, 3.05) is 19.8 Å². The SMILES string of the molecule is CCNC(COCCC(C)(C)C)c1cc(C)ccc1C. The molecule has 0 heterocycles. The van der Waals surface area contributed by atoms with Crippen molar-refractivity contribution in [3.8, 4) is 0 Å². The predicted molar refractivity (Wildman–Crippen MR) is 87.2 cm³/mol. The lowest BCUT2D eigenvalue weighted by molar-refractivity contribution is 0.0899. The molecule has 1 atom stereocenters. The van der Waals surface area contributed by atoms with Crippen LogP contribution in [0.25, 0.3) is 0 Å². The molecule has 0 saturated carbocycles. The molecule has 1 aromatic rings. The van der Waals surface area contributed by atoms with Crippen molar-refractivity contribution in [3.63, 3.8) is 0 Å². The average molecular weight is 277 g/mol. The lowest BCUT2D eigenvalue weighted by Crippen LogP contribution is -2.26. The van der Waals surface area contributed by atoms with Crippen molar-refractivity contribution >= 4 is 0 Å². The zero-order chi connectivity index (χ0) is 15.2. The van der Waals surface area contributed by atoms with Crippen molar-refractivity contribution in [2.24, 2.45) is 5.41 Å². The fraction of sp³-hybridized carbons (Fsp3) is 0.667. The third-order valence-electron chi connectivity index (χ3n) is 3.54. The minimum atomic E-state index is 0.292. The number of hydrogen-bond acceptors (Lipinski definition) is 2. The van der Waals surface area contributed by atoms with Gasteiger partial charge in [0, 0.05) is 6.61 Å². The molecule has 2 heteroatoms. The summed E-state index contributed by atoms with van der Waals surface area (Å²) < 4.78 is 5.91. The molecule has 1 N–H and O–H groups in total. The summed E-state index contributed by atoms with van der Waals surface area (Å²) in [6, 6.07) is 6.93. The van der Waals surface area contributed by atoms with E-state index in [0.29, 0.717) is 11.5 Å². The Morgan fingerprint density at radius 1 is 1.20 bits per heavy atom. The Morgan fingerprint density at radius 3 is 2.50 bits per heavy atom. The second-order valence-corrected chi connectivity index (χ2v) is 6.86. The van der Waals surface area contributed by atoms with Crippen molar-refractivity contribution in [3.05, 3.63) is 34.9 Å². The van der Waals surface area contributed by atoms with Gasteiger partial charge in [0.15, 0.2) is 0 Å². The van der Waals surface area contributed by atoms with Gasteiger partial charge in [-0.25, -0.2) is 0 Å². The van der Waals surface area contributed by atoms with Crippen molar-refractivity contribution in [2.45, 2.75) is 54.0 Å². The number of hydrogen-bond donors (Lipinski definition) is 1. The van der Waals surface area contributed by atoms with Gasteiger partial charge in [0.2, 0.25) is 0 Å². The minimum absolute atomic E-state index is 0.292. The molecule has 0 fully saturated rings. The molecular weight excluding hydrogens is 246 g/mol. The molecule has 1 aromatic carbocycles. The van der Waals surface area contributed by atoms with Gasteiger partial charge in [-0.1, -0.05) is 51.5 Å². The molecule has 0 aliphatic carbocycles. The molecule has 2 nitrogen and oxygen atoms in total. The Morgan fingerprint density at radius 2 is 1.90 bits per heavy atom. The molecule has 0 aliphatic rings. The molecule has 0 bridgehead atoms. The number of ether oxygens (including phenoxy) is 1. The maximum Gasteiger partial charge on any atom is 0.0661 e. The molecule has 114 valence electrons. The summed E-state index contributed by atoms with van der Waals surface area (Å²) in [5, 5.41) is 3.54. The maximum atomic E-state index is 5.91. The lowest BCUT2D eigenvalue weighted by Gasteiger charge is -2.23. The highest BCUT2D eigenvalue weighted by atomic mass is 16.5. The van der Waals surface area contributed by atoms with Gasteiger partial charge < -0.3 is 10.1 Å². The largest absolute Gasteiger partial charge is 0.379 e. The summed E-state index contributed by atoms with van der Waals surface area (Å²) in [5.41, 5.74) is 4.35. The Kier molecular flexibility index (Phi) is 6.70. The van der Waals surface area contributed by atoms with Crippen LogP contribution in [0.1, 0.15) is 56.8 Å². The van der Waals surface area contributed by atoms with Gasteiger partial charge in [-0.2, -0.15) is 0 Å². The third-order valence-corrected chi connectivity index (χ3v) is 3.54.